The Morgan fingerprint density at radius 2 is 1.79 bits per heavy atom. The van der Waals surface area contributed by atoms with E-state index in [4.69, 9.17) is 5.26 Å². The van der Waals surface area contributed by atoms with E-state index in [2.05, 4.69) is 28.7 Å². The molecule has 0 atom stereocenters. The number of hydrogen-bond donors (Lipinski definition) is 0. The number of nitrogens with zero attached hydrogens (tertiary/aromatic N) is 2. The van der Waals surface area contributed by atoms with E-state index in [-0.39, 0.29) is 5.69 Å². The summed E-state index contributed by atoms with van der Waals surface area (Å²) >= 11 is 3.58. The smallest absolute Gasteiger partial charge is 0.258 e. The van der Waals surface area contributed by atoms with Gasteiger partial charge < -0.3 is 0 Å². The number of rotatable bonds is 3. The Balaban J connectivity index is 2.22. The minimum atomic E-state index is -0.424. The SMILES string of the molecule is N#Cc1cc(Sc2ccc([N+](=O)[O-])cc2)ccc1I. The van der Waals surface area contributed by atoms with Gasteiger partial charge in [0.25, 0.3) is 5.69 Å². The summed E-state index contributed by atoms with van der Waals surface area (Å²) in [4.78, 5) is 12.0. The highest BCUT2D eigenvalue weighted by molar-refractivity contribution is 14.1. The molecule has 0 aliphatic heterocycles. The van der Waals surface area contributed by atoms with Crippen LogP contribution in [-0.2, 0) is 0 Å². The van der Waals surface area contributed by atoms with E-state index >= 15 is 0 Å². The molecule has 0 N–H and O–H groups in total. The fourth-order valence-electron chi connectivity index (χ4n) is 1.43. The van der Waals surface area contributed by atoms with Crippen LogP contribution in [0.15, 0.2) is 52.3 Å². The van der Waals surface area contributed by atoms with Gasteiger partial charge in [0.1, 0.15) is 6.07 Å². The average Bonchev–Trinajstić information content (AvgIpc) is 2.41. The van der Waals surface area contributed by atoms with Crippen molar-refractivity contribution in [1.82, 2.24) is 0 Å². The lowest BCUT2D eigenvalue weighted by molar-refractivity contribution is -0.384. The third-order valence-electron chi connectivity index (χ3n) is 2.34. The summed E-state index contributed by atoms with van der Waals surface area (Å²) < 4.78 is 0.910. The predicted molar refractivity (Wildman–Crippen MR) is 81.1 cm³/mol. The maximum atomic E-state index is 10.6. The summed E-state index contributed by atoms with van der Waals surface area (Å²) in [5.74, 6) is 0. The van der Waals surface area contributed by atoms with E-state index in [9.17, 15) is 10.1 Å². The molecule has 2 rings (SSSR count). The van der Waals surface area contributed by atoms with Crippen molar-refractivity contribution in [2.24, 2.45) is 0 Å². The van der Waals surface area contributed by atoms with Crippen LogP contribution in [0.25, 0.3) is 0 Å². The molecule has 0 bridgehead atoms. The topological polar surface area (TPSA) is 66.9 Å². The molecule has 0 aliphatic carbocycles. The molecule has 0 fully saturated rings. The van der Waals surface area contributed by atoms with Crippen LogP contribution in [0.2, 0.25) is 0 Å². The molecular formula is C13H7IN2O2S. The molecule has 0 radical (unpaired) electrons. The highest BCUT2D eigenvalue weighted by Gasteiger charge is 2.06. The zero-order valence-electron chi connectivity index (χ0n) is 9.54. The number of nitro groups is 1. The molecule has 0 amide bonds. The highest BCUT2D eigenvalue weighted by Crippen LogP contribution is 2.30. The van der Waals surface area contributed by atoms with Crippen LogP contribution in [0.1, 0.15) is 5.56 Å². The third-order valence-corrected chi connectivity index (χ3v) is 4.28. The lowest BCUT2D eigenvalue weighted by atomic mass is 10.2. The molecule has 2 aromatic carbocycles. The summed E-state index contributed by atoms with van der Waals surface area (Å²) in [6.45, 7) is 0. The number of halogens is 1. The zero-order valence-corrected chi connectivity index (χ0v) is 12.5. The van der Waals surface area contributed by atoms with Gasteiger partial charge in [-0.25, -0.2) is 0 Å². The average molecular weight is 382 g/mol. The molecule has 0 saturated heterocycles. The van der Waals surface area contributed by atoms with E-state index in [0.29, 0.717) is 5.56 Å². The first-order chi connectivity index (χ1) is 9.10. The van der Waals surface area contributed by atoms with Crippen molar-refractivity contribution in [1.29, 1.82) is 5.26 Å². The first kappa shape index (κ1) is 13.8. The van der Waals surface area contributed by atoms with Crippen LogP contribution in [-0.4, -0.2) is 4.92 Å². The highest BCUT2D eigenvalue weighted by atomic mass is 127. The second-order valence-electron chi connectivity index (χ2n) is 3.61. The van der Waals surface area contributed by atoms with Crippen molar-refractivity contribution in [3.63, 3.8) is 0 Å². The lowest BCUT2D eigenvalue weighted by Crippen LogP contribution is -1.86. The Kier molecular flexibility index (Phi) is 4.39. The fourth-order valence-corrected chi connectivity index (χ4v) is 2.74. The molecule has 94 valence electrons. The maximum Gasteiger partial charge on any atom is 0.269 e. The van der Waals surface area contributed by atoms with Gasteiger partial charge in [0, 0.05) is 25.5 Å². The van der Waals surface area contributed by atoms with Gasteiger partial charge in [-0.2, -0.15) is 5.26 Å². The molecule has 0 saturated carbocycles. The largest absolute Gasteiger partial charge is 0.269 e. The molecule has 0 heterocycles. The van der Waals surface area contributed by atoms with Gasteiger partial charge in [-0.1, -0.05) is 11.8 Å². The van der Waals surface area contributed by atoms with Gasteiger partial charge in [-0.15, -0.1) is 0 Å². The Labute approximate surface area is 127 Å². The van der Waals surface area contributed by atoms with Gasteiger partial charge in [0.2, 0.25) is 0 Å². The van der Waals surface area contributed by atoms with E-state index in [0.717, 1.165) is 13.4 Å². The molecule has 0 unspecified atom stereocenters. The summed E-state index contributed by atoms with van der Waals surface area (Å²) in [5, 5.41) is 19.5. The van der Waals surface area contributed by atoms with Crippen molar-refractivity contribution in [3.05, 3.63) is 61.7 Å². The Morgan fingerprint density at radius 1 is 1.16 bits per heavy atom. The number of hydrogen-bond acceptors (Lipinski definition) is 4. The number of non-ortho nitro benzene ring substituents is 1. The molecule has 2 aromatic rings. The molecule has 0 spiro atoms. The predicted octanol–water partition coefficient (Wildman–Crippen LogP) is 4.22. The summed E-state index contributed by atoms with van der Waals surface area (Å²) in [6, 6.07) is 14.1. The molecule has 4 nitrogen and oxygen atoms in total. The van der Waals surface area contributed by atoms with Gasteiger partial charge >= 0.3 is 0 Å². The second-order valence-corrected chi connectivity index (χ2v) is 5.92. The van der Waals surface area contributed by atoms with Gasteiger partial charge in [-0.05, 0) is 52.9 Å². The standard InChI is InChI=1S/C13H7IN2O2S/c14-13-6-5-12(7-9(13)8-15)19-11-3-1-10(2-4-11)16(17)18/h1-7H. The van der Waals surface area contributed by atoms with Crippen LogP contribution in [0.4, 0.5) is 5.69 Å². The van der Waals surface area contributed by atoms with Crippen molar-refractivity contribution >= 4 is 40.0 Å². The van der Waals surface area contributed by atoms with Crippen molar-refractivity contribution in [2.75, 3.05) is 0 Å². The van der Waals surface area contributed by atoms with Crippen molar-refractivity contribution in [2.45, 2.75) is 9.79 Å². The molecule has 0 aliphatic rings. The summed E-state index contributed by atoms with van der Waals surface area (Å²) in [5.41, 5.74) is 0.706. The molecule has 0 aromatic heterocycles. The van der Waals surface area contributed by atoms with Crippen LogP contribution < -0.4 is 0 Å². The molecular weight excluding hydrogens is 375 g/mol. The minimum Gasteiger partial charge on any atom is -0.258 e. The summed E-state index contributed by atoms with van der Waals surface area (Å²) in [7, 11) is 0. The first-order valence-corrected chi connectivity index (χ1v) is 7.11. The van der Waals surface area contributed by atoms with Crippen LogP contribution in [0.3, 0.4) is 0 Å². The van der Waals surface area contributed by atoms with E-state index in [1.807, 2.05) is 18.2 Å². The van der Waals surface area contributed by atoms with Gasteiger partial charge in [0.15, 0.2) is 0 Å². The minimum absolute atomic E-state index is 0.0738. The Hall–Kier alpha value is -1.59. The number of nitriles is 1. The monoisotopic (exact) mass is 382 g/mol. The third kappa shape index (κ3) is 3.45. The second kappa shape index (κ2) is 6.04. The van der Waals surface area contributed by atoms with E-state index in [1.165, 1.54) is 23.9 Å². The van der Waals surface area contributed by atoms with E-state index < -0.39 is 4.92 Å². The van der Waals surface area contributed by atoms with E-state index in [1.54, 1.807) is 12.1 Å². The molecule has 6 heteroatoms. The lowest BCUT2D eigenvalue weighted by Gasteiger charge is -2.03. The fraction of sp³-hybridized carbons (Fsp3) is 0. The summed E-state index contributed by atoms with van der Waals surface area (Å²) in [6.07, 6.45) is 0. The van der Waals surface area contributed by atoms with Crippen LogP contribution >= 0.6 is 34.4 Å². The number of benzene rings is 2. The van der Waals surface area contributed by atoms with Crippen molar-refractivity contribution in [3.8, 4) is 6.07 Å². The maximum absolute atomic E-state index is 10.6. The quantitative estimate of drug-likeness (QED) is 0.453. The van der Waals surface area contributed by atoms with Gasteiger partial charge in [0.05, 0.1) is 10.5 Å². The Bertz CT molecular complexity index is 665. The normalized spacial score (nSPS) is 9.89. The van der Waals surface area contributed by atoms with Gasteiger partial charge in [-0.3, -0.25) is 10.1 Å². The van der Waals surface area contributed by atoms with Crippen LogP contribution in [0.5, 0.6) is 0 Å². The molecule has 19 heavy (non-hydrogen) atoms. The Morgan fingerprint density at radius 3 is 2.37 bits per heavy atom. The first-order valence-electron chi connectivity index (χ1n) is 5.22. The zero-order chi connectivity index (χ0) is 13.8. The van der Waals surface area contributed by atoms with Crippen LogP contribution in [0, 0.1) is 25.0 Å². The number of nitro benzene ring substituents is 1. The van der Waals surface area contributed by atoms with Crippen molar-refractivity contribution < 1.29 is 4.92 Å².